The number of rotatable bonds is 5. The van der Waals surface area contributed by atoms with Gasteiger partial charge in [0.05, 0.1) is 0 Å². The van der Waals surface area contributed by atoms with E-state index < -0.39 is 0 Å². The van der Waals surface area contributed by atoms with Crippen molar-refractivity contribution in [2.75, 3.05) is 0 Å². The van der Waals surface area contributed by atoms with E-state index in [1.807, 2.05) is 32.1 Å². The maximum absolute atomic E-state index is 13.6. The van der Waals surface area contributed by atoms with Gasteiger partial charge in [-0.3, -0.25) is 0 Å². The summed E-state index contributed by atoms with van der Waals surface area (Å²) >= 11 is 3.25. The molecule has 2 atom stereocenters. The first-order valence-corrected chi connectivity index (χ1v) is 6.14. The molecule has 0 fully saturated rings. The molecule has 1 rings (SSSR count). The van der Waals surface area contributed by atoms with Gasteiger partial charge in [-0.2, -0.15) is 0 Å². The highest BCUT2D eigenvalue weighted by Crippen LogP contribution is 2.16. The van der Waals surface area contributed by atoms with Gasteiger partial charge >= 0.3 is 0 Å². The Balaban J connectivity index is 2.62. The minimum Gasteiger partial charge on any atom is -0.308 e. The average Bonchev–Trinajstić information content (AvgIpc) is 2.22. The van der Waals surface area contributed by atoms with Crippen molar-refractivity contribution in [3.8, 4) is 0 Å². The molecule has 0 aromatic heterocycles. The van der Waals surface area contributed by atoms with Gasteiger partial charge in [0.1, 0.15) is 5.82 Å². The maximum atomic E-state index is 13.6. The third-order valence-corrected chi connectivity index (χ3v) is 2.94. The van der Waals surface area contributed by atoms with Gasteiger partial charge in [0.25, 0.3) is 0 Å². The molecule has 0 heterocycles. The normalized spacial score (nSPS) is 14.5. The molecule has 0 aliphatic heterocycles. The van der Waals surface area contributed by atoms with E-state index in [4.69, 9.17) is 0 Å². The van der Waals surface area contributed by atoms with E-state index in [0.717, 1.165) is 10.0 Å². The van der Waals surface area contributed by atoms with E-state index in [2.05, 4.69) is 27.8 Å². The van der Waals surface area contributed by atoms with Gasteiger partial charge < -0.3 is 5.32 Å². The van der Waals surface area contributed by atoms with Crippen LogP contribution in [0.25, 0.3) is 0 Å². The largest absolute Gasteiger partial charge is 0.308 e. The van der Waals surface area contributed by atoms with Crippen molar-refractivity contribution in [1.82, 2.24) is 5.32 Å². The second-order valence-electron chi connectivity index (χ2n) is 4.03. The summed E-state index contributed by atoms with van der Waals surface area (Å²) < 4.78 is 14.3. The second-order valence-corrected chi connectivity index (χ2v) is 4.95. The Kier molecular flexibility index (Phi) is 5.16. The second kappa shape index (κ2) is 6.16. The molecule has 0 saturated heterocycles. The van der Waals surface area contributed by atoms with Gasteiger partial charge in [-0.25, -0.2) is 4.39 Å². The molecule has 0 amide bonds. The zero-order chi connectivity index (χ0) is 12.1. The van der Waals surface area contributed by atoms with Crippen molar-refractivity contribution in [1.29, 1.82) is 0 Å². The molecule has 88 valence electrons. The number of hydrogen-bond acceptors (Lipinski definition) is 1. The summed E-state index contributed by atoms with van der Waals surface area (Å²) in [7, 11) is 0. The molecule has 1 aromatic rings. The Morgan fingerprint density at radius 1 is 1.50 bits per heavy atom. The van der Waals surface area contributed by atoms with Gasteiger partial charge in [-0.05, 0) is 38.0 Å². The average molecular weight is 286 g/mol. The summed E-state index contributed by atoms with van der Waals surface area (Å²) in [5.74, 6) is -0.158. The first-order valence-electron chi connectivity index (χ1n) is 5.35. The Hall–Kier alpha value is -0.670. The molecule has 0 radical (unpaired) electrons. The van der Waals surface area contributed by atoms with E-state index in [0.29, 0.717) is 6.42 Å². The molecule has 0 saturated carbocycles. The summed E-state index contributed by atoms with van der Waals surface area (Å²) in [5, 5.41) is 3.32. The molecule has 0 bridgehead atoms. The number of benzene rings is 1. The van der Waals surface area contributed by atoms with E-state index in [1.165, 1.54) is 6.07 Å². The van der Waals surface area contributed by atoms with Crippen LogP contribution in [-0.4, -0.2) is 12.1 Å². The SMILES string of the molecule is C=CC(C)NC(C)Cc1ccc(Br)cc1F. The van der Waals surface area contributed by atoms with Crippen molar-refractivity contribution < 1.29 is 4.39 Å². The maximum Gasteiger partial charge on any atom is 0.127 e. The first-order chi connectivity index (χ1) is 7.52. The first kappa shape index (κ1) is 13.4. The standard InChI is InChI=1S/C13H17BrFN/c1-4-9(2)16-10(3)7-11-5-6-12(14)8-13(11)15/h4-6,8-10,16H,1,7H2,2-3H3. The Morgan fingerprint density at radius 2 is 2.19 bits per heavy atom. The van der Waals surface area contributed by atoms with Crippen LogP contribution < -0.4 is 5.32 Å². The lowest BCUT2D eigenvalue weighted by Crippen LogP contribution is -2.34. The van der Waals surface area contributed by atoms with Crippen molar-refractivity contribution >= 4 is 15.9 Å². The van der Waals surface area contributed by atoms with Crippen LogP contribution in [0.5, 0.6) is 0 Å². The van der Waals surface area contributed by atoms with Gasteiger partial charge in [0.15, 0.2) is 0 Å². The molecule has 16 heavy (non-hydrogen) atoms. The summed E-state index contributed by atoms with van der Waals surface area (Å²) in [6.07, 6.45) is 2.52. The van der Waals surface area contributed by atoms with Crippen LogP contribution in [0.4, 0.5) is 4.39 Å². The van der Waals surface area contributed by atoms with Crippen LogP contribution in [-0.2, 0) is 6.42 Å². The van der Waals surface area contributed by atoms with Crippen molar-refractivity contribution in [3.63, 3.8) is 0 Å². The summed E-state index contributed by atoms with van der Waals surface area (Å²) in [6.45, 7) is 7.78. The van der Waals surface area contributed by atoms with E-state index in [1.54, 1.807) is 0 Å². The van der Waals surface area contributed by atoms with Gasteiger partial charge in [0.2, 0.25) is 0 Å². The molecule has 1 nitrogen and oxygen atoms in total. The van der Waals surface area contributed by atoms with Crippen molar-refractivity contribution in [3.05, 3.63) is 46.7 Å². The van der Waals surface area contributed by atoms with Gasteiger partial charge in [0, 0.05) is 16.6 Å². The van der Waals surface area contributed by atoms with Crippen LogP contribution >= 0.6 is 15.9 Å². The van der Waals surface area contributed by atoms with E-state index in [-0.39, 0.29) is 17.9 Å². The van der Waals surface area contributed by atoms with Crippen molar-refractivity contribution in [2.24, 2.45) is 0 Å². The Bertz CT molecular complexity index is 365. The molecule has 0 spiro atoms. The molecule has 1 aromatic carbocycles. The van der Waals surface area contributed by atoms with Gasteiger partial charge in [-0.15, -0.1) is 6.58 Å². The lowest BCUT2D eigenvalue weighted by Gasteiger charge is -2.17. The lowest BCUT2D eigenvalue weighted by atomic mass is 10.1. The zero-order valence-electron chi connectivity index (χ0n) is 9.63. The molecule has 3 heteroatoms. The zero-order valence-corrected chi connectivity index (χ0v) is 11.2. The summed E-state index contributed by atoms with van der Waals surface area (Å²) in [4.78, 5) is 0. The Morgan fingerprint density at radius 3 is 2.75 bits per heavy atom. The topological polar surface area (TPSA) is 12.0 Å². The number of nitrogens with one attached hydrogen (secondary N) is 1. The molecular formula is C13H17BrFN. The molecule has 0 aliphatic rings. The lowest BCUT2D eigenvalue weighted by molar-refractivity contribution is 0.501. The van der Waals surface area contributed by atoms with Crippen LogP contribution in [0, 0.1) is 5.82 Å². The number of halogens is 2. The third-order valence-electron chi connectivity index (χ3n) is 2.44. The molecule has 2 unspecified atom stereocenters. The Labute approximate surface area is 105 Å². The predicted molar refractivity (Wildman–Crippen MR) is 70.1 cm³/mol. The van der Waals surface area contributed by atoms with Crippen molar-refractivity contribution in [2.45, 2.75) is 32.4 Å². The van der Waals surface area contributed by atoms with Crippen LogP contribution in [0.1, 0.15) is 19.4 Å². The van der Waals surface area contributed by atoms with Gasteiger partial charge in [-0.1, -0.05) is 28.1 Å². The highest BCUT2D eigenvalue weighted by atomic mass is 79.9. The molecular weight excluding hydrogens is 269 g/mol. The summed E-state index contributed by atoms with van der Waals surface area (Å²) in [6, 6.07) is 5.65. The fourth-order valence-electron chi connectivity index (χ4n) is 1.59. The fourth-order valence-corrected chi connectivity index (χ4v) is 1.93. The molecule has 1 N–H and O–H groups in total. The smallest absolute Gasteiger partial charge is 0.127 e. The molecule has 0 aliphatic carbocycles. The van der Waals surface area contributed by atoms with Crippen LogP contribution in [0.3, 0.4) is 0 Å². The van der Waals surface area contributed by atoms with E-state index >= 15 is 0 Å². The highest BCUT2D eigenvalue weighted by molar-refractivity contribution is 9.10. The minimum absolute atomic E-state index is 0.158. The quantitative estimate of drug-likeness (QED) is 0.814. The van der Waals surface area contributed by atoms with Crippen LogP contribution in [0.15, 0.2) is 35.3 Å². The predicted octanol–water partition coefficient (Wildman–Crippen LogP) is 3.68. The number of hydrogen-bond donors (Lipinski definition) is 1. The fraction of sp³-hybridized carbons (Fsp3) is 0.385. The minimum atomic E-state index is -0.158. The highest BCUT2D eigenvalue weighted by Gasteiger charge is 2.09. The van der Waals surface area contributed by atoms with E-state index in [9.17, 15) is 4.39 Å². The summed E-state index contributed by atoms with van der Waals surface area (Å²) in [5.41, 5.74) is 0.736. The van der Waals surface area contributed by atoms with Crippen LogP contribution in [0.2, 0.25) is 0 Å². The monoisotopic (exact) mass is 285 g/mol. The third kappa shape index (κ3) is 4.06.